The summed E-state index contributed by atoms with van der Waals surface area (Å²) in [6.07, 6.45) is 1.17. The first-order chi connectivity index (χ1) is 9.08. The van der Waals surface area contributed by atoms with Crippen molar-refractivity contribution < 1.29 is 14.3 Å². The number of aliphatic hydroxyl groups is 1. The van der Waals surface area contributed by atoms with Gasteiger partial charge in [-0.1, -0.05) is 12.1 Å². The Balaban J connectivity index is 2.08. The van der Waals surface area contributed by atoms with Gasteiger partial charge in [0.05, 0.1) is 11.9 Å². The summed E-state index contributed by atoms with van der Waals surface area (Å²) in [5.74, 6) is 0.843. The quantitative estimate of drug-likeness (QED) is 0.721. The molecule has 1 unspecified atom stereocenters. The molecule has 0 radical (unpaired) electrons. The van der Waals surface area contributed by atoms with Gasteiger partial charge in [0.15, 0.2) is 0 Å². The molecule has 0 bridgehead atoms. The van der Waals surface area contributed by atoms with E-state index >= 15 is 0 Å². The van der Waals surface area contributed by atoms with Crippen molar-refractivity contribution in [2.45, 2.75) is 31.6 Å². The molecule has 1 aromatic rings. The fourth-order valence-electron chi connectivity index (χ4n) is 1.52. The third-order valence-electron chi connectivity index (χ3n) is 2.54. The van der Waals surface area contributed by atoms with Crippen LogP contribution in [0.15, 0.2) is 24.3 Å². The number of rotatable bonds is 8. The highest BCUT2D eigenvalue weighted by atomic mass is 32.2. The van der Waals surface area contributed by atoms with Crippen LogP contribution in [0.1, 0.15) is 25.3 Å². The summed E-state index contributed by atoms with van der Waals surface area (Å²) >= 11 is 1.50. The summed E-state index contributed by atoms with van der Waals surface area (Å²) in [5, 5.41) is 11.9. The topological polar surface area (TPSA) is 49.3 Å². The molecule has 19 heavy (non-hydrogen) atoms. The molecule has 0 spiro atoms. The van der Waals surface area contributed by atoms with Gasteiger partial charge in [-0.3, -0.25) is 4.79 Å². The second kappa shape index (κ2) is 8.93. The number of halogens is 1. The fourth-order valence-corrected chi connectivity index (χ4v) is 2.34. The normalized spacial score (nSPS) is 12.2. The number of carbonyl (C=O) groups is 1. The summed E-state index contributed by atoms with van der Waals surface area (Å²) in [4.78, 5) is 11.5. The molecule has 0 aliphatic heterocycles. The van der Waals surface area contributed by atoms with Gasteiger partial charge in [0.25, 0.3) is 0 Å². The highest BCUT2D eigenvalue weighted by Gasteiger charge is 2.02. The Morgan fingerprint density at radius 2 is 2.11 bits per heavy atom. The Morgan fingerprint density at radius 3 is 2.74 bits per heavy atom. The maximum atomic E-state index is 12.7. The van der Waals surface area contributed by atoms with Crippen LogP contribution in [0.5, 0.6) is 0 Å². The number of hydrogen-bond acceptors (Lipinski definition) is 3. The van der Waals surface area contributed by atoms with Crippen molar-refractivity contribution in [1.82, 2.24) is 5.32 Å². The van der Waals surface area contributed by atoms with Gasteiger partial charge in [0, 0.05) is 12.3 Å². The van der Waals surface area contributed by atoms with E-state index in [1.807, 2.05) is 0 Å². The van der Waals surface area contributed by atoms with Crippen LogP contribution in [-0.4, -0.2) is 29.4 Å². The Bertz CT molecular complexity index is 382. The minimum atomic E-state index is -0.315. The summed E-state index contributed by atoms with van der Waals surface area (Å²) in [7, 11) is 0. The van der Waals surface area contributed by atoms with Gasteiger partial charge in [-0.15, -0.1) is 11.8 Å². The standard InChI is InChI=1S/C14H20FNO2S/c1-11(17)3-2-8-16-14(18)10-19-9-12-4-6-13(15)7-5-12/h4-7,11,17H,2-3,8-10H2,1H3,(H,16,18). The van der Waals surface area contributed by atoms with Crippen molar-refractivity contribution >= 4 is 17.7 Å². The third kappa shape index (κ3) is 7.85. The molecule has 5 heteroatoms. The first kappa shape index (κ1) is 16.0. The fraction of sp³-hybridized carbons (Fsp3) is 0.500. The molecule has 1 rings (SSSR count). The average molecular weight is 285 g/mol. The van der Waals surface area contributed by atoms with Crippen LogP contribution in [0, 0.1) is 5.82 Å². The van der Waals surface area contributed by atoms with Crippen molar-refractivity contribution in [3.63, 3.8) is 0 Å². The molecule has 1 atom stereocenters. The lowest BCUT2D eigenvalue weighted by molar-refractivity contribution is -0.118. The largest absolute Gasteiger partial charge is 0.393 e. The van der Waals surface area contributed by atoms with Crippen molar-refractivity contribution in [2.75, 3.05) is 12.3 Å². The minimum absolute atomic E-state index is 0.00213. The molecule has 0 saturated heterocycles. The van der Waals surface area contributed by atoms with Gasteiger partial charge >= 0.3 is 0 Å². The molecule has 2 N–H and O–H groups in total. The molecule has 3 nitrogen and oxygen atoms in total. The monoisotopic (exact) mass is 285 g/mol. The molecule has 1 amide bonds. The second-order valence-electron chi connectivity index (χ2n) is 4.46. The van der Waals surface area contributed by atoms with E-state index < -0.39 is 0 Å². The summed E-state index contributed by atoms with van der Waals surface area (Å²) in [6, 6.07) is 6.30. The average Bonchev–Trinajstić information content (AvgIpc) is 2.37. The van der Waals surface area contributed by atoms with E-state index in [0.717, 1.165) is 12.0 Å². The van der Waals surface area contributed by atoms with E-state index in [9.17, 15) is 9.18 Å². The van der Waals surface area contributed by atoms with Crippen molar-refractivity contribution in [2.24, 2.45) is 0 Å². The van der Waals surface area contributed by atoms with Crippen LogP contribution in [0.4, 0.5) is 4.39 Å². The number of thioether (sulfide) groups is 1. The highest BCUT2D eigenvalue weighted by molar-refractivity contribution is 7.99. The van der Waals surface area contributed by atoms with Crippen LogP contribution < -0.4 is 5.32 Å². The molecule has 0 aliphatic carbocycles. The number of hydrogen-bond donors (Lipinski definition) is 2. The molecule has 1 aromatic carbocycles. The lowest BCUT2D eigenvalue weighted by atomic mass is 10.2. The Kier molecular flexibility index (Phi) is 7.52. The van der Waals surface area contributed by atoms with E-state index in [2.05, 4.69) is 5.32 Å². The third-order valence-corrected chi connectivity index (χ3v) is 3.54. The zero-order valence-corrected chi connectivity index (χ0v) is 11.9. The molecule has 0 aromatic heterocycles. The molecule has 106 valence electrons. The lowest BCUT2D eigenvalue weighted by Crippen LogP contribution is -2.26. The number of nitrogens with one attached hydrogen (secondary N) is 1. The van der Waals surface area contributed by atoms with Gasteiger partial charge < -0.3 is 10.4 Å². The molecule has 0 saturated carbocycles. The van der Waals surface area contributed by atoms with Crippen molar-refractivity contribution in [1.29, 1.82) is 0 Å². The number of aliphatic hydroxyl groups excluding tert-OH is 1. The Hall–Kier alpha value is -1.07. The summed E-state index contributed by atoms with van der Waals surface area (Å²) in [6.45, 7) is 2.33. The zero-order valence-electron chi connectivity index (χ0n) is 11.1. The molecular weight excluding hydrogens is 265 g/mol. The highest BCUT2D eigenvalue weighted by Crippen LogP contribution is 2.12. The lowest BCUT2D eigenvalue weighted by Gasteiger charge is -2.06. The molecular formula is C14H20FNO2S. The predicted molar refractivity (Wildman–Crippen MR) is 76.5 cm³/mol. The van der Waals surface area contributed by atoms with Crippen molar-refractivity contribution in [3.8, 4) is 0 Å². The van der Waals surface area contributed by atoms with E-state index in [1.165, 1.54) is 23.9 Å². The predicted octanol–water partition coefficient (Wildman–Crippen LogP) is 2.34. The van der Waals surface area contributed by atoms with E-state index in [1.54, 1.807) is 19.1 Å². The first-order valence-corrected chi connectivity index (χ1v) is 7.50. The number of benzene rings is 1. The Morgan fingerprint density at radius 1 is 1.42 bits per heavy atom. The van der Waals surface area contributed by atoms with Gasteiger partial charge in [0.2, 0.25) is 5.91 Å². The van der Waals surface area contributed by atoms with Gasteiger partial charge in [-0.25, -0.2) is 4.39 Å². The SMILES string of the molecule is CC(O)CCCNC(=O)CSCc1ccc(F)cc1. The van der Waals surface area contributed by atoms with Crippen LogP contribution in [-0.2, 0) is 10.5 Å². The van der Waals surface area contributed by atoms with Crippen LogP contribution >= 0.6 is 11.8 Å². The van der Waals surface area contributed by atoms with E-state index in [0.29, 0.717) is 24.5 Å². The van der Waals surface area contributed by atoms with Gasteiger partial charge in [-0.2, -0.15) is 0 Å². The van der Waals surface area contributed by atoms with E-state index in [4.69, 9.17) is 5.11 Å². The first-order valence-electron chi connectivity index (χ1n) is 6.35. The van der Waals surface area contributed by atoms with Crippen molar-refractivity contribution in [3.05, 3.63) is 35.6 Å². The molecule has 0 fully saturated rings. The van der Waals surface area contributed by atoms with Crippen LogP contribution in [0.3, 0.4) is 0 Å². The van der Waals surface area contributed by atoms with Crippen LogP contribution in [0.2, 0.25) is 0 Å². The summed E-state index contributed by atoms with van der Waals surface area (Å²) in [5.41, 5.74) is 1.01. The summed E-state index contributed by atoms with van der Waals surface area (Å²) < 4.78 is 12.7. The number of carbonyl (C=O) groups excluding carboxylic acids is 1. The maximum absolute atomic E-state index is 12.7. The smallest absolute Gasteiger partial charge is 0.230 e. The number of amides is 1. The van der Waals surface area contributed by atoms with Gasteiger partial charge in [0.1, 0.15) is 5.82 Å². The molecule has 0 aliphatic rings. The van der Waals surface area contributed by atoms with E-state index in [-0.39, 0.29) is 17.8 Å². The Labute approximate surface area is 117 Å². The van der Waals surface area contributed by atoms with Crippen LogP contribution in [0.25, 0.3) is 0 Å². The minimum Gasteiger partial charge on any atom is -0.393 e. The zero-order chi connectivity index (χ0) is 14.1. The second-order valence-corrected chi connectivity index (χ2v) is 5.45. The van der Waals surface area contributed by atoms with Gasteiger partial charge in [-0.05, 0) is 37.5 Å². The maximum Gasteiger partial charge on any atom is 0.230 e. The molecule has 0 heterocycles.